The SMILES string of the molecule is CC1=Nc2ccccc2CN1N(C)C. The molecule has 0 bridgehead atoms. The third-order valence-corrected chi connectivity index (χ3v) is 2.45. The molecule has 0 amide bonds. The van der Waals surface area contributed by atoms with Crippen molar-refractivity contribution in [2.75, 3.05) is 14.1 Å². The first-order valence-corrected chi connectivity index (χ1v) is 4.76. The van der Waals surface area contributed by atoms with Crippen molar-refractivity contribution in [2.45, 2.75) is 13.5 Å². The quantitative estimate of drug-likeness (QED) is 0.673. The number of hydrogen-bond acceptors (Lipinski definition) is 3. The minimum atomic E-state index is 0.915. The van der Waals surface area contributed by atoms with E-state index in [4.69, 9.17) is 0 Å². The second kappa shape index (κ2) is 3.42. The maximum Gasteiger partial charge on any atom is 0.116 e. The number of benzene rings is 1. The van der Waals surface area contributed by atoms with E-state index in [-0.39, 0.29) is 0 Å². The van der Waals surface area contributed by atoms with Crippen molar-refractivity contribution in [3.05, 3.63) is 29.8 Å². The Morgan fingerprint density at radius 1 is 1.29 bits per heavy atom. The van der Waals surface area contributed by atoms with Gasteiger partial charge in [0.1, 0.15) is 5.84 Å². The summed E-state index contributed by atoms with van der Waals surface area (Å²) in [6.45, 7) is 2.95. The van der Waals surface area contributed by atoms with Crippen LogP contribution in [0.1, 0.15) is 12.5 Å². The molecule has 3 heteroatoms. The van der Waals surface area contributed by atoms with Gasteiger partial charge in [-0.15, -0.1) is 0 Å². The van der Waals surface area contributed by atoms with Gasteiger partial charge in [-0.25, -0.2) is 10.0 Å². The van der Waals surface area contributed by atoms with Gasteiger partial charge in [0, 0.05) is 14.1 Å². The summed E-state index contributed by atoms with van der Waals surface area (Å²) in [4.78, 5) is 4.55. The highest BCUT2D eigenvalue weighted by Crippen LogP contribution is 2.25. The minimum Gasteiger partial charge on any atom is -0.289 e. The lowest BCUT2D eigenvalue weighted by molar-refractivity contribution is 0.0994. The fourth-order valence-corrected chi connectivity index (χ4v) is 1.69. The Labute approximate surface area is 84.6 Å². The predicted octanol–water partition coefficient (Wildman–Crippen LogP) is 2.03. The van der Waals surface area contributed by atoms with E-state index in [1.807, 2.05) is 27.1 Å². The third-order valence-electron chi connectivity index (χ3n) is 2.45. The molecule has 0 spiro atoms. The van der Waals surface area contributed by atoms with Crippen molar-refractivity contribution < 1.29 is 0 Å². The maximum atomic E-state index is 4.55. The lowest BCUT2D eigenvalue weighted by Crippen LogP contribution is -2.41. The van der Waals surface area contributed by atoms with E-state index in [9.17, 15) is 0 Å². The van der Waals surface area contributed by atoms with E-state index in [2.05, 4.69) is 33.2 Å². The van der Waals surface area contributed by atoms with Gasteiger partial charge >= 0.3 is 0 Å². The fourth-order valence-electron chi connectivity index (χ4n) is 1.69. The zero-order valence-corrected chi connectivity index (χ0v) is 8.86. The lowest BCUT2D eigenvalue weighted by Gasteiger charge is -2.33. The van der Waals surface area contributed by atoms with Crippen LogP contribution in [0.15, 0.2) is 29.3 Å². The van der Waals surface area contributed by atoms with Crippen LogP contribution in [0.3, 0.4) is 0 Å². The summed E-state index contributed by atoms with van der Waals surface area (Å²) in [5.41, 5.74) is 2.38. The number of fused-ring (bicyclic) bond motifs is 1. The average Bonchev–Trinajstić information content (AvgIpc) is 2.16. The van der Waals surface area contributed by atoms with Gasteiger partial charge in [0.2, 0.25) is 0 Å². The molecule has 1 heterocycles. The molecule has 2 rings (SSSR count). The van der Waals surface area contributed by atoms with Crippen molar-refractivity contribution in [1.82, 2.24) is 10.0 Å². The number of para-hydroxylation sites is 1. The van der Waals surface area contributed by atoms with Gasteiger partial charge in [0.15, 0.2) is 0 Å². The molecule has 0 unspecified atom stereocenters. The Hall–Kier alpha value is -1.35. The van der Waals surface area contributed by atoms with E-state index in [1.54, 1.807) is 0 Å². The first kappa shape index (κ1) is 9.21. The largest absolute Gasteiger partial charge is 0.289 e. The first-order valence-electron chi connectivity index (χ1n) is 4.76. The fraction of sp³-hybridized carbons (Fsp3) is 0.364. The van der Waals surface area contributed by atoms with Gasteiger partial charge in [-0.1, -0.05) is 18.2 Å². The number of rotatable bonds is 1. The molecule has 0 aromatic heterocycles. The molecule has 0 fully saturated rings. The smallest absolute Gasteiger partial charge is 0.116 e. The highest BCUT2D eigenvalue weighted by Gasteiger charge is 2.17. The van der Waals surface area contributed by atoms with E-state index >= 15 is 0 Å². The Morgan fingerprint density at radius 3 is 2.71 bits per heavy atom. The molecule has 0 saturated carbocycles. The van der Waals surface area contributed by atoms with Gasteiger partial charge in [0.05, 0.1) is 12.2 Å². The van der Waals surface area contributed by atoms with Gasteiger partial charge < -0.3 is 0 Å². The van der Waals surface area contributed by atoms with Crippen LogP contribution < -0.4 is 0 Å². The Balaban J connectivity index is 2.38. The molecular formula is C11H15N3. The molecule has 1 aromatic carbocycles. The van der Waals surface area contributed by atoms with Crippen LogP contribution in [-0.4, -0.2) is 29.9 Å². The van der Waals surface area contributed by atoms with Crippen molar-refractivity contribution in [3.63, 3.8) is 0 Å². The highest BCUT2D eigenvalue weighted by atomic mass is 15.6. The third kappa shape index (κ3) is 1.51. The summed E-state index contributed by atoms with van der Waals surface area (Å²) in [7, 11) is 4.07. The molecule has 0 N–H and O–H groups in total. The van der Waals surface area contributed by atoms with E-state index in [1.165, 1.54) is 5.56 Å². The number of hydrazine groups is 1. The van der Waals surface area contributed by atoms with Crippen LogP contribution in [0.25, 0.3) is 0 Å². The summed E-state index contributed by atoms with van der Waals surface area (Å²) < 4.78 is 0. The monoisotopic (exact) mass is 189 g/mol. The van der Waals surface area contributed by atoms with Crippen molar-refractivity contribution in [2.24, 2.45) is 4.99 Å². The van der Waals surface area contributed by atoms with Crippen LogP contribution >= 0.6 is 0 Å². The number of nitrogens with zero attached hydrogens (tertiary/aromatic N) is 3. The van der Waals surface area contributed by atoms with Gasteiger partial charge in [-0.05, 0) is 18.6 Å². The van der Waals surface area contributed by atoms with E-state index < -0.39 is 0 Å². The van der Waals surface area contributed by atoms with Crippen LogP contribution in [0.5, 0.6) is 0 Å². The number of amidine groups is 1. The molecule has 1 aliphatic heterocycles. The van der Waals surface area contributed by atoms with Crippen LogP contribution in [-0.2, 0) is 6.54 Å². The standard InChI is InChI=1S/C11H15N3/c1-9-12-11-7-5-4-6-10(11)8-14(9)13(2)3/h4-7H,8H2,1-3H3. The van der Waals surface area contributed by atoms with Crippen LogP contribution in [0.4, 0.5) is 5.69 Å². The molecule has 1 aromatic rings. The highest BCUT2D eigenvalue weighted by molar-refractivity contribution is 5.84. The lowest BCUT2D eigenvalue weighted by atomic mass is 10.1. The molecule has 74 valence electrons. The second-order valence-corrected chi connectivity index (χ2v) is 3.69. The van der Waals surface area contributed by atoms with Crippen molar-refractivity contribution in [1.29, 1.82) is 0 Å². The van der Waals surface area contributed by atoms with E-state index in [0.717, 1.165) is 18.1 Å². The van der Waals surface area contributed by atoms with Gasteiger partial charge in [-0.3, -0.25) is 5.01 Å². The maximum absolute atomic E-state index is 4.55. The number of hydrogen-bond donors (Lipinski definition) is 0. The summed E-state index contributed by atoms with van der Waals surface area (Å²) in [6, 6.07) is 8.28. The molecule has 14 heavy (non-hydrogen) atoms. The zero-order valence-electron chi connectivity index (χ0n) is 8.86. The minimum absolute atomic E-state index is 0.915. The van der Waals surface area contributed by atoms with Gasteiger partial charge in [0.25, 0.3) is 0 Å². The molecule has 0 radical (unpaired) electrons. The average molecular weight is 189 g/mol. The molecule has 0 aliphatic carbocycles. The molecule has 3 nitrogen and oxygen atoms in total. The van der Waals surface area contributed by atoms with Crippen LogP contribution in [0, 0.1) is 0 Å². The zero-order chi connectivity index (χ0) is 10.1. The Bertz CT molecular complexity index is 369. The molecule has 1 aliphatic rings. The van der Waals surface area contributed by atoms with Gasteiger partial charge in [-0.2, -0.15) is 0 Å². The normalized spacial score (nSPS) is 15.4. The topological polar surface area (TPSA) is 18.8 Å². The Morgan fingerprint density at radius 2 is 2.00 bits per heavy atom. The predicted molar refractivity (Wildman–Crippen MR) is 58.4 cm³/mol. The summed E-state index contributed by atoms with van der Waals surface area (Å²) >= 11 is 0. The second-order valence-electron chi connectivity index (χ2n) is 3.69. The summed E-state index contributed by atoms with van der Waals surface area (Å²) in [5.74, 6) is 1.05. The first-order chi connectivity index (χ1) is 6.68. The molecular weight excluding hydrogens is 174 g/mol. The van der Waals surface area contributed by atoms with Crippen LogP contribution in [0.2, 0.25) is 0 Å². The van der Waals surface area contributed by atoms with Crippen molar-refractivity contribution in [3.8, 4) is 0 Å². The molecule has 0 saturated heterocycles. The Kier molecular flexibility index (Phi) is 2.25. The summed E-state index contributed by atoms with van der Waals surface area (Å²) in [6.07, 6.45) is 0. The van der Waals surface area contributed by atoms with Crippen molar-refractivity contribution >= 4 is 11.5 Å². The number of aliphatic imine (C=N–C) groups is 1. The van der Waals surface area contributed by atoms with E-state index in [0.29, 0.717) is 0 Å². The summed E-state index contributed by atoms with van der Waals surface area (Å²) in [5, 5.41) is 4.22. The molecule has 0 atom stereocenters.